The Morgan fingerprint density at radius 1 is 1.28 bits per heavy atom. The lowest BCUT2D eigenvalue weighted by Gasteiger charge is -2.47. The molecule has 0 radical (unpaired) electrons. The number of carbonyl (C=O) groups is 1. The molecule has 1 spiro atoms. The molecule has 3 rings (SSSR count). The van der Waals surface area contributed by atoms with E-state index in [2.05, 4.69) is 18.7 Å². The van der Waals surface area contributed by atoms with Gasteiger partial charge in [-0.05, 0) is 54.9 Å². The lowest BCUT2D eigenvalue weighted by molar-refractivity contribution is -0.126. The highest BCUT2D eigenvalue weighted by molar-refractivity contribution is 7.99. The van der Waals surface area contributed by atoms with Gasteiger partial charge in [0.05, 0.1) is 5.60 Å². The van der Waals surface area contributed by atoms with E-state index in [9.17, 15) is 4.79 Å². The first-order valence-corrected chi connectivity index (χ1v) is 8.51. The van der Waals surface area contributed by atoms with E-state index in [0.717, 1.165) is 25.9 Å². The van der Waals surface area contributed by atoms with Crippen LogP contribution in [0.5, 0.6) is 0 Å². The van der Waals surface area contributed by atoms with Crippen LogP contribution in [0.25, 0.3) is 0 Å². The van der Waals surface area contributed by atoms with Crippen LogP contribution in [0.1, 0.15) is 51.9 Å². The maximum atomic E-state index is 11.6. The van der Waals surface area contributed by atoms with E-state index in [1.807, 2.05) is 0 Å². The molecule has 0 amide bonds. The molecule has 1 saturated carbocycles. The van der Waals surface area contributed by atoms with Crippen LogP contribution in [0, 0.1) is 11.3 Å². The Hall–Kier alpha value is -0.0200. The molecule has 0 N–H and O–H groups in total. The second-order valence-corrected chi connectivity index (χ2v) is 7.93. The van der Waals surface area contributed by atoms with Crippen LogP contribution in [0.3, 0.4) is 0 Å². The molecule has 0 aromatic heterocycles. The van der Waals surface area contributed by atoms with Gasteiger partial charge in [-0.15, -0.1) is 0 Å². The van der Waals surface area contributed by atoms with Crippen molar-refractivity contribution in [2.45, 2.75) is 57.5 Å². The zero-order chi connectivity index (χ0) is 12.6. The molecular formula is C15H24O2S. The average Bonchev–Trinajstić information content (AvgIpc) is 2.72. The van der Waals surface area contributed by atoms with Crippen molar-refractivity contribution in [1.82, 2.24) is 0 Å². The molecular weight excluding hydrogens is 244 g/mol. The molecule has 0 aromatic rings. The molecule has 0 aromatic carbocycles. The van der Waals surface area contributed by atoms with E-state index in [4.69, 9.17) is 4.74 Å². The normalized spacial score (nSPS) is 40.3. The minimum Gasteiger partial charge on any atom is -0.375 e. The fraction of sp³-hybridized carbons (Fsp3) is 0.933. The van der Waals surface area contributed by atoms with E-state index in [-0.39, 0.29) is 11.0 Å². The van der Waals surface area contributed by atoms with E-state index < -0.39 is 0 Å². The van der Waals surface area contributed by atoms with Gasteiger partial charge >= 0.3 is 0 Å². The van der Waals surface area contributed by atoms with Crippen molar-refractivity contribution in [2.75, 3.05) is 18.1 Å². The van der Waals surface area contributed by atoms with Crippen LogP contribution in [0.15, 0.2) is 0 Å². The van der Waals surface area contributed by atoms with Crippen molar-refractivity contribution in [3.05, 3.63) is 0 Å². The predicted molar refractivity (Wildman–Crippen MR) is 74.9 cm³/mol. The van der Waals surface area contributed by atoms with Crippen LogP contribution in [-0.2, 0) is 9.53 Å². The van der Waals surface area contributed by atoms with Crippen LogP contribution < -0.4 is 0 Å². The van der Waals surface area contributed by atoms with Crippen molar-refractivity contribution < 1.29 is 9.53 Å². The first-order chi connectivity index (χ1) is 8.62. The van der Waals surface area contributed by atoms with Gasteiger partial charge in [0.25, 0.3) is 0 Å². The molecule has 2 saturated heterocycles. The van der Waals surface area contributed by atoms with Crippen molar-refractivity contribution in [3.63, 3.8) is 0 Å². The third-order valence-corrected chi connectivity index (χ3v) is 6.44. The maximum Gasteiger partial charge on any atom is 0.133 e. The Balaban J connectivity index is 1.71. The maximum absolute atomic E-state index is 11.6. The molecule has 2 heterocycles. The summed E-state index contributed by atoms with van der Waals surface area (Å²) in [6, 6.07) is 0. The molecule has 3 aliphatic rings. The number of hydrogen-bond donors (Lipinski definition) is 0. The van der Waals surface area contributed by atoms with Gasteiger partial charge in [-0.1, -0.05) is 6.92 Å². The Morgan fingerprint density at radius 2 is 2.06 bits per heavy atom. The van der Waals surface area contributed by atoms with Gasteiger partial charge in [0.2, 0.25) is 0 Å². The number of carbonyl (C=O) groups excluding carboxylic acids is 1. The predicted octanol–water partition coefficient (Wildman–Crippen LogP) is 3.44. The van der Waals surface area contributed by atoms with Gasteiger partial charge in [0, 0.05) is 19.4 Å². The number of hydrogen-bond acceptors (Lipinski definition) is 3. The summed E-state index contributed by atoms with van der Waals surface area (Å²) in [6.45, 7) is 3.26. The van der Waals surface area contributed by atoms with Crippen molar-refractivity contribution in [1.29, 1.82) is 0 Å². The van der Waals surface area contributed by atoms with E-state index in [1.165, 1.54) is 37.2 Å². The molecule has 2 aliphatic heterocycles. The highest BCUT2D eigenvalue weighted by Crippen LogP contribution is 2.51. The highest BCUT2D eigenvalue weighted by atomic mass is 32.2. The first-order valence-electron chi connectivity index (χ1n) is 7.35. The van der Waals surface area contributed by atoms with Crippen LogP contribution in [0.4, 0.5) is 0 Å². The number of rotatable bonds is 1. The summed E-state index contributed by atoms with van der Waals surface area (Å²) in [4.78, 5) is 11.6. The Labute approximate surface area is 114 Å². The number of thioether (sulfide) groups is 1. The summed E-state index contributed by atoms with van der Waals surface area (Å²) >= 11 is 2.06. The summed E-state index contributed by atoms with van der Waals surface area (Å²) in [7, 11) is 0. The van der Waals surface area contributed by atoms with Gasteiger partial charge < -0.3 is 4.74 Å². The molecule has 18 heavy (non-hydrogen) atoms. The van der Waals surface area contributed by atoms with E-state index in [0.29, 0.717) is 11.7 Å². The summed E-state index contributed by atoms with van der Waals surface area (Å²) < 4.78 is 6.17. The molecule has 3 fully saturated rings. The highest BCUT2D eigenvalue weighted by Gasteiger charge is 2.47. The third-order valence-electron chi connectivity index (χ3n) is 5.46. The quantitative estimate of drug-likeness (QED) is 0.729. The molecule has 1 aliphatic carbocycles. The SMILES string of the molecule is CC1(C2CCOC3(CCSCC3)C2)CCC(=O)C1. The summed E-state index contributed by atoms with van der Waals surface area (Å²) in [5.74, 6) is 3.70. The number of ketones is 1. The largest absolute Gasteiger partial charge is 0.375 e. The first kappa shape index (κ1) is 13.0. The monoisotopic (exact) mass is 268 g/mol. The minimum atomic E-state index is 0.169. The van der Waals surface area contributed by atoms with Gasteiger partial charge in [-0.2, -0.15) is 11.8 Å². The average molecular weight is 268 g/mol. The molecule has 3 heteroatoms. The lowest BCUT2D eigenvalue weighted by atomic mass is 9.67. The molecule has 2 unspecified atom stereocenters. The number of Topliss-reactive ketones (excluding diaryl/α,β-unsaturated/α-hetero) is 1. The molecule has 2 atom stereocenters. The Bertz CT molecular complexity index is 330. The van der Waals surface area contributed by atoms with Crippen LogP contribution in [0.2, 0.25) is 0 Å². The molecule has 2 nitrogen and oxygen atoms in total. The van der Waals surface area contributed by atoms with Crippen molar-refractivity contribution in [2.24, 2.45) is 11.3 Å². The lowest BCUT2D eigenvalue weighted by Crippen LogP contribution is -2.46. The topological polar surface area (TPSA) is 26.3 Å². The van der Waals surface area contributed by atoms with Crippen LogP contribution in [-0.4, -0.2) is 29.5 Å². The summed E-state index contributed by atoms with van der Waals surface area (Å²) in [5, 5.41) is 0. The summed E-state index contributed by atoms with van der Waals surface area (Å²) in [5.41, 5.74) is 0.446. The van der Waals surface area contributed by atoms with Crippen molar-refractivity contribution in [3.8, 4) is 0 Å². The second-order valence-electron chi connectivity index (χ2n) is 6.70. The smallest absolute Gasteiger partial charge is 0.133 e. The zero-order valence-corrected chi connectivity index (χ0v) is 12.2. The van der Waals surface area contributed by atoms with E-state index in [1.54, 1.807) is 0 Å². The van der Waals surface area contributed by atoms with Gasteiger partial charge in [0.1, 0.15) is 5.78 Å². The van der Waals surface area contributed by atoms with Gasteiger partial charge in [0.15, 0.2) is 0 Å². The van der Waals surface area contributed by atoms with E-state index >= 15 is 0 Å². The molecule has 0 bridgehead atoms. The fourth-order valence-electron chi connectivity index (χ4n) is 4.12. The second kappa shape index (κ2) is 4.82. The van der Waals surface area contributed by atoms with Gasteiger partial charge in [-0.3, -0.25) is 4.79 Å². The fourth-order valence-corrected chi connectivity index (χ4v) is 5.35. The standard InChI is InChI=1S/C15H24O2S/c1-14(4-2-13(16)11-14)12-3-7-17-15(10-12)5-8-18-9-6-15/h12H,2-11H2,1H3. The summed E-state index contributed by atoms with van der Waals surface area (Å²) in [6.07, 6.45) is 7.56. The number of ether oxygens (including phenoxy) is 1. The van der Waals surface area contributed by atoms with Gasteiger partial charge in [-0.25, -0.2) is 0 Å². The van der Waals surface area contributed by atoms with Crippen LogP contribution >= 0.6 is 11.8 Å². The minimum absolute atomic E-state index is 0.169. The Morgan fingerprint density at radius 3 is 2.72 bits per heavy atom. The third kappa shape index (κ3) is 2.36. The van der Waals surface area contributed by atoms with Crippen molar-refractivity contribution >= 4 is 17.5 Å². The Kier molecular flexibility index (Phi) is 3.48. The molecule has 102 valence electrons. The zero-order valence-electron chi connectivity index (χ0n) is 11.4.